The Hall–Kier alpha value is -2.04. The number of rotatable bonds is 5. The van der Waals surface area contributed by atoms with Crippen LogP contribution in [0.15, 0.2) is 24.3 Å². The molecule has 2 amide bonds. The van der Waals surface area contributed by atoms with Crippen LogP contribution in [0.4, 0.5) is 5.69 Å². The molecule has 0 spiro atoms. The molecule has 0 aromatic heterocycles. The highest BCUT2D eigenvalue weighted by Crippen LogP contribution is 2.16. The number of carbonyl (C=O) groups excluding carboxylic acids is 2. The first-order valence-electron chi connectivity index (χ1n) is 6.33. The average Bonchev–Trinajstić information content (AvgIpc) is 2.37. The Morgan fingerprint density at radius 3 is 2.32 bits per heavy atom. The lowest BCUT2D eigenvalue weighted by atomic mass is 10.1. The standard InChI is InChI=1S/C14H21N3O2/c1-9(2)16-12-8-6-5-7-11(12)14(19)17-10(3)13(18)15-4/h5-10,16H,1-4H3,(H,15,18)(H,17,19). The van der Waals surface area contributed by atoms with Gasteiger partial charge in [-0.1, -0.05) is 12.1 Å². The van der Waals surface area contributed by atoms with Gasteiger partial charge in [0.25, 0.3) is 5.91 Å². The van der Waals surface area contributed by atoms with Gasteiger partial charge < -0.3 is 16.0 Å². The minimum Gasteiger partial charge on any atom is -0.382 e. The molecule has 0 saturated heterocycles. The van der Waals surface area contributed by atoms with Crippen molar-refractivity contribution in [3.63, 3.8) is 0 Å². The summed E-state index contributed by atoms with van der Waals surface area (Å²) in [6.07, 6.45) is 0. The minimum atomic E-state index is -0.565. The van der Waals surface area contributed by atoms with E-state index in [2.05, 4.69) is 16.0 Å². The van der Waals surface area contributed by atoms with Crippen molar-refractivity contribution in [2.75, 3.05) is 12.4 Å². The van der Waals surface area contributed by atoms with E-state index in [1.54, 1.807) is 26.1 Å². The molecule has 0 saturated carbocycles. The number of anilines is 1. The summed E-state index contributed by atoms with van der Waals surface area (Å²) in [5, 5.41) is 8.38. The number of carbonyl (C=O) groups is 2. The Kier molecular flexibility index (Phi) is 5.36. The number of para-hydroxylation sites is 1. The molecule has 0 heterocycles. The highest BCUT2D eigenvalue weighted by atomic mass is 16.2. The molecule has 1 aromatic carbocycles. The van der Waals surface area contributed by atoms with Crippen molar-refractivity contribution in [2.45, 2.75) is 32.9 Å². The van der Waals surface area contributed by atoms with Crippen molar-refractivity contribution in [1.29, 1.82) is 0 Å². The zero-order chi connectivity index (χ0) is 14.4. The van der Waals surface area contributed by atoms with Gasteiger partial charge in [-0.3, -0.25) is 9.59 Å². The topological polar surface area (TPSA) is 70.2 Å². The zero-order valence-electron chi connectivity index (χ0n) is 11.8. The monoisotopic (exact) mass is 263 g/mol. The smallest absolute Gasteiger partial charge is 0.254 e. The summed E-state index contributed by atoms with van der Waals surface area (Å²) in [4.78, 5) is 23.5. The molecule has 0 radical (unpaired) electrons. The maximum atomic E-state index is 12.1. The first-order valence-corrected chi connectivity index (χ1v) is 6.33. The maximum absolute atomic E-state index is 12.1. The lowest BCUT2D eigenvalue weighted by molar-refractivity contribution is -0.122. The fourth-order valence-corrected chi connectivity index (χ4v) is 1.67. The van der Waals surface area contributed by atoms with E-state index in [1.807, 2.05) is 26.0 Å². The van der Waals surface area contributed by atoms with Gasteiger partial charge in [0, 0.05) is 18.8 Å². The second-order valence-electron chi connectivity index (χ2n) is 4.65. The van der Waals surface area contributed by atoms with Gasteiger partial charge in [-0.05, 0) is 32.9 Å². The molecule has 104 valence electrons. The van der Waals surface area contributed by atoms with E-state index in [0.717, 1.165) is 5.69 Å². The number of benzene rings is 1. The van der Waals surface area contributed by atoms with Crippen LogP contribution in [-0.2, 0) is 4.79 Å². The molecule has 1 atom stereocenters. The Balaban J connectivity index is 2.84. The quantitative estimate of drug-likeness (QED) is 0.751. The summed E-state index contributed by atoms with van der Waals surface area (Å²) < 4.78 is 0. The van der Waals surface area contributed by atoms with Crippen LogP contribution in [0.5, 0.6) is 0 Å². The molecule has 0 aliphatic carbocycles. The summed E-state index contributed by atoms with van der Waals surface area (Å²) in [6.45, 7) is 5.65. The summed E-state index contributed by atoms with van der Waals surface area (Å²) >= 11 is 0. The van der Waals surface area contributed by atoms with Gasteiger partial charge in [0.15, 0.2) is 0 Å². The molecule has 0 aliphatic rings. The highest BCUT2D eigenvalue weighted by molar-refractivity contribution is 6.01. The summed E-state index contributed by atoms with van der Waals surface area (Å²) in [5.41, 5.74) is 1.30. The van der Waals surface area contributed by atoms with Gasteiger partial charge in [0.05, 0.1) is 5.56 Å². The summed E-state index contributed by atoms with van der Waals surface area (Å²) in [6, 6.07) is 6.90. The van der Waals surface area contributed by atoms with Crippen LogP contribution in [0, 0.1) is 0 Å². The predicted molar refractivity (Wildman–Crippen MR) is 76.2 cm³/mol. The van der Waals surface area contributed by atoms with Crippen molar-refractivity contribution in [2.24, 2.45) is 0 Å². The number of hydrogen-bond acceptors (Lipinski definition) is 3. The molecule has 1 rings (SSSR count). The molecule has 1 aromatic rings. The molecule has 3 N–H and O–H groups in total. The van der Waals surface area contributed by atoms with Crippen LogP contribution < -0.4 is 16.0 Å². The number of hydrogen-bond donors (Lipinski definition) is 3. The second kappa shape index (κ2) is 6.78. The maximum Gasteiger partial charge on any atom is 0.254 e. The molecule has 5 heteroatoms. The predicted octanol–water partition coefficient (Wildman–Crippen LogP) is 1.37. The van der Waals surface area contributed by atoms with Gasteiger partial charge in [-0.25, -0.2) is 0 Å². The van der Waals surface area contributed by atoms with Crippen LogP contribution in [0.2, 0.25) is 0 Å². The number of amides is 2. The van der Waals surface area contributed by atoms with Crippen LogP contribution in [0.25, 0.3) is 0 Å². The zero-order valence-corrected chi connectivity index (χ0v) is 11.8. The van der Waals surface area contributed by atoms with E-state index in [-0.39, 0.29) is 17.9 Å². The molecule has 19 heavy (non-hydrogen) atoms. The fraction of sp³-hybridized carbons (Fsp3) is 0.429. The second-order valence-corrected chi connectivity index (χ2v) is 4.65. The van der Waals surface area contributed by atoms with Gasteiger partial charge in [0.1, 0.15) is 6.04 Å². The molecular weight excluding hydrogens is 242 g/mol. The minimum absolute atomic E-state index is 0.220. The first kappa shape index (κ1) is 15.0. The highest BCUT2D eigenvalue weighted by Gasteiger charge is 2.17. The van der Waals surface area contributed by atoms with Gasteiger partial charge in [-0.15, -0.1) is 0 Å². The van der Waals surface area contributed by atoms with Gasteiger partial charge >= 0.3 is 0 Å². The van der Waals surface area contributed by atoms with Crippen LogP contribution in [0.1, 0.15) is 31.1 Å². The van der Waals surface area contributed by atoms with E-state index in [9.17, 15) is 9.59 Å². The van der Waals surface area contributed by atoms with E-state index in [0.29, 0.717) is 5.56 Å². The van der Waals surface area contributed by atoms with Gasteiger partial charge in [0.2, 0.25) is 5.91 Å². The van der Waals surface area contributed by atoms with Crippen molar-refractivity contribution in [3.8, 4) is 0 Å². The third-order valence-corrected chi connectivity index (χ3v) is 2.60. The lowest BCUT2D eigenvalue weighted by Gasteiger charge is -2.16. The fourth-order valence-electron chi connectivity index (χ4n) is 1.67. The molecule has 5 nitrogen and oxygen atoms in total. The van der Waals surface area contributed by atoms with E-state index < -0.39 is 6.04 Å². The Labute approximate surface area is 113 Å². The van der Waals surface area contributed by atoms with E-state index in [4.69, 9.17) is 0 Å². The van der Waals surface area contributed by atoms with Crippen molar-refractivity contribution in [3.05, 3.63) is 29.8 Å². The largest absolute Gasteiger partial charge is 0.382 e. The van der Waals surface area contributed by atoms with Gasteiger partial charge in [-0.2, -0.15) is 0 Å². The van der Waals surface area contributed by atoms with Crippen LogP contribution in [-0.4, -0.2) is 30.9 Å². The van der Waals surface area contributed by atoms with Crippen LogP contribution in [0.3, 0.4) is 0 Å². The Bertz CT molecular complexity index is 458. The molecule has 0 bridgehead atoms. The lowest BCUT2D eigenvalue weighted by Crippen LogP contribution is -2.43. The molecule has 0 aliphatic heterocycles. The normalized spacial score (nSPS) is 11.8. The molecule has 1 unspecified atom stereocenters. The SMILES string of the molecule is CNC(=O)C(C)NC(=O)c1ccccc1NC(C)C. The Morgan fingerprint density at radius 1 is 1.11 bits per heavy atom. The third kappa shape index (κ3) is 4.28. The number of likely N-dealkylation sites (N-methyl/N-ethyl adjacent to an activating group) is 1. The van der Waals surface area contributed by atoms with E-state index in [1.165, 1.54) is 0 Å². The van der Waals surface area contributed by atoms with E-state index >= 15 is 0 Å². The first-order chi connectivity index (χ1) is 8.95. The molecular formula is C14H21N3O2. The third-order valence-electron chi connectivity index (χ3n) is 2.60. The van der Waals surface area contributed by atoms with Crippen molar-refractivity contribution in [1.82, 2.24) is 10.6 Å². The van der Waals surface area contributed by atoms with Crippen molar-refractivity contribution < 1.29 is 9.59 Å². The van der Waals surface area contributed by atoms with Crippen molar-refractivity contribution >= 4 is 17.5 Å². The molecule has 0 fully saturated rings. The number of nitrogens with one attached hydrogen (secondary N) is 3. The average molecular weight is 263 g/mol. The van der Waals surface area contributed by atoms with Crippen LogP contribution >= 0.6 is 0 Å². The Morgan fingerprint density at radius 2 is 1.74 bits per heavy atom. The summed E-state index contributed by atoms with van der Waals surface area (Å²) in [5.74, 6) is -0.484. The summed E-state index contributed by atoms with van der Waals surface area (Å²) in [7, 11) is 1.54.